The van der Waals surface area contributed by atoms with Crippen molar-refractivity contribution in [2.75, 3.05) is 0 Å². The van der Waals surface area contributed by atoms with Crippen molar-refractivity contribution in [2.24, 2.45) is 0 Å². The van der Waals surface area contributed by atoms with Gasteiger partial charge in [0.15, 0.2) is 5.65 Å². The fourth-order valence-electron chi connectivity index (χ4n) is 1.26. The van der Waals surface area contributed by atoms with Gasteiger partial charge < -0.3 is 5.21 Å². The predicted octanol–water partition coefficient (Wildman–Crippen LogP) is 1.83. The molecule has 1 N–H and O–H groups in total. The van der Waals surface area contributed by atoms with Gasteiger partial charge in [-0.05, 0) is 17.7 Å². The molecule has 0 saturated heterocycles. The van der Waals surface area contributed by atoms with Gasteiger partial charge in [-0.3, -0.25) is 0 Å². The third-order valence-electron chi connectivity index (χ3n) is 1.90. The van der Waals surface area contributed by atoms with Crippen molar-refractivity contribution < 1.29 is 14.0 Å². The van der Waals surface area contributed by atoms with Gasteiger partial charge in [0.05, 0.1) is 5.56 Å². The van der Waals surface area contributed by atoms with E-state index in [1.54, 1.807) is 6.07 Å². The van der Waals surface area contributed by atoms with Crippen LogP contribution in [0.25, 0.3) is 11.2 Å². The first-order valence-corrected chi connectivity index (χ1v) is 4.37. The van der Waals surface area contributed by atoms with Gasteiger partial charge in [-0.2, -0.15) is 18.8 Å². The zero-order chi connectivity index (χ0) is 11.9. The fourth-order valence-corrected chi connectivity index (χ4v) is 1.38. The predicted molar refractivity (Wildman–Crippen MR) is 49.2 cm³/mol. The molecular formula is C8H3ClF2N4O. The number of fused-ring (bicyclic) bond motifs is 1. The molecule has 0 fully saturated rings. The number of hydrogen-bond acceptors (Lipinski definition) is 4. The summed E-state index contributed by atoms with van der Waals surface area (Å²) in [4.78, 5) is 7.01. The van der Waals surface area contributed by atoms with Crippen molar-refractivity contribution in [1.29, 1.82) is 5.26 Å². The van der Waals surface area contributed by atoms with Crippen LogP contribution in [-0.2, 0) is 5.38 Å². The zero-order valence-corrected chi connectivity index (χ0v) is 8.28. The Morgan fingerprint density at radius 2 is 2.25 bits per heavy atom. The van der Waals surface area contributed by atoms with Gasteiger partial charge in [0.2, 0.25) is 5.82 Å². The van der Waals surface area contributed by atoms with Crippen molar-refractivity contribution in [3.05, 3.63) is 23.7 Å². The molecule has 2 aromatic heterocycles. The highest BCUT2D eigenvalue weighted by molar-refractivity contribution is 6.21. The summed E-state index contributed by atoms with van der Waals surface area (Å²) in [6.07, 6.45) is 1.23. The highest BCUT2D eigenvalue weighted by Gasteiger charge is 2.36. The molecule has 0 amide bonds. The molecule has 0 aliphatic rings. The van der Waals surface area contributed by atoms with Gasteiger partial charge in [0, 0.05) is 6.20 Å². The van der Waals surface area contributed by atoms with Crippen molar-refractivity contribution in [3.8, 4) is 6.07 Å². The number of halogens is 3. The number of nitriles is 1. The fraction of sp³-hybridized carbons (Fsp3) is 0.125. The van der Waals surface area contributed by atoms with E-state index in [0.717, 1.165) is 0 Å². The molecule has 0 aliphatic carbocycles. The van der Waals surface area contributed by atoms with Gasteiger partial charge in [-0.25, -0.2) is 9.97 Å². The SMILES string of the molecule is N#Cc1ccnc2nc(C(F)(F)Cl)n(O)c12. The van der Waals surface area contributed by atoms with Gasteiger partial charge in [-0.1, -0.05) is 0 Å². The lowest BCUT2D eigenvalue weighted by Crippen LogP contribution is -2.12. The van der Waals surface area contributed by atoms with Crippen molar-refractivity contribution in [1.82, 2.24) is 14.7 Å². The van der Waals surface area contributed by atoms with E-state index >= 15 is 0 Å². The molecule has 0 bridgehead atoms. The van der Waals surface area contributed by atoms with Crippen LogP contribution in [0.1, 0.15) is 11.4 Å². The Morgan fingerprint density at radius 1 is 1.56 bits per heavy atom. The van der Waals surface area contributed by atoms with E-state index < -0.39 is 11.2 Å². The molecular weight excluding hydrogens is 242 g/mol. The van der Waals surface area contributed by atoms with Gasteiger partial charge in [-0.15, -0.1) is 0 Å². The van der Waals surface area contributed by atoms with Crippen molar-refractivity contribution in [3.63, 3.8) is 0 Å². The average molecular weight is 245 g/mol. The Labute approximate surface area is 92.5 Å². The molecule has 2 aromatic rings. The van der Waals surface area contributed by atoms with E-state index in [1.807, 2.05) is 0 Å². The first-order chi connectivity index (χ1) is 7.45. The number of imidazole rings is 1. The number of aromatic nitrogens is 3. The number of hydrogen-bond donors (Lipinski definition) is 1. The zero-order valence-electron chi connectivity index (χ0n) is 7.52. The minimum Gasteiger partial charge on any atom is -0.426 e. The Hall–Kier alpha value is -1.94. The maximum absolute atomic E-state index is 12.8. The Kier molecular flexibility index (Phi) is 2.17. The molecule has 0 atom stereocenters. The van der Waals surface area contributed by atoms with Gasteiger partial charge >= 0.3 is 5.38 Å². The Bertz CT molecular complexity index is 598. The lowest BCUT2D eigenvalue weighted by atomic mass is 10.3. The summed E-state index contributed by atoms with van der Waals surface area (Å²) in [6, 6.07) is 3.00. The molecule has 0 saturated carbocycles. The van der Waals surface area contributed by atoms with Crippen LogP contribution in [0, 0.1) is 11.3 Å². The van der Waals surface area contributed by atoms with E-state index in [1.165, 1.54) is 12.3 Å². The maximum Gasteiger partial charge on any atom is 0.383 e. The second kappa shape index (κ2) is 3.28. The van der Waals surface area contributed by atoms with Crippen LogP contribution >= 0.6 is 11.6 Å². The molecule has 8 heteroatoms. The quantitative estimate of drug-likeness (QED) is 0.613. The van der Waals surface area contributed by atoms with Crippen LogP contribution in [0.3, 0.4) is 0 Å². The van der Waals surface area contributed by atoms with Crippen LogP contribution < -0.4 is 0 Å². The topological polar surface area (TPSA) is 74.7 Å². The van der Waals surface area contributed by atoms with Crippen LogP contribution in [0.15, 0.2) is 12.3 Å². The first kappa shape index (κ1) is 10.6. The molecule has 16 heavy (non-hydrogen) atoms. The number of pyridine rings is 1. The summed E-state index contributed by atoms with van der Waals surface area (Å²) in [5.74, 6) is -1.07. The van der Waals surface area contributed by atoms with Gasteiger partial charge in [0.25, 0.3) is 0 Å². The average Bonchev–Trinajstić information content (AvgIpc) is 2.56. The Balaban J connectivity index is 2.85. The van der Waals surface area contributed by atoms with Crippen LogP contribution in [-0.4, -0.2) is 19.9 Å². The normalized spacial score (nSPS) is 11.6. The molecule has 0 aromatic carbocycles. The molecule has 2 rings (SSSR count). The first-order valence-electron chi connectivity index (χ1n) is 3.99. The third kappa shape index (κ3) is 1.44. The number of rotatable bonds is 1. The van der Waals surface area contributed by atoms with E-state index in [0.29, 0.717) is 0 Å². The summed E-state index contributed by atoms with van der Waals surface area (Å²) < 4.78 is 25.7. The summed E-state index contributed by atoms with van der Waals surface area (Å²) in [5, 5.41) is 14.3. The molecule has 82 valence electrons. The van der Waals surface area contributed by atoms with E-state index in [4.69, 9.17) is 16.9 Å². The van der Waals surface area contributed by atoms with E-state index in [2.05, 4.69) is 9.97 Å². The van der Waals surface area contributed by atoms with E-state index in [9.17, 15) is 14.0 Å². The number of nitrogens with zero attached hydrogens (tertiary/aromatic N) is 4. The standard InChI is InChI=1S/C8H3ClF2N4O/c9-8(10,11)7-14-6-5(15(7)16)4(3-12)1-2-13-6/h1-2,16H. The minimum atomic E-state index is -3.83. The van der Waals surface area contributed by atoms with Crippen LogP contribution in [0.2, 0.25) is 0 Å². The summed E-state index contributed by atoms with van der Waals surface area (Å²) >= 11 is 4.74. The lowest BCUT2D eigenvalue weighted by Gasteiger charge is -2.05. The highest BCUT2D eigenvalue weighted by Crippen LogP contribution is 2.33. The second-order valence-corrected chi connectivity index (χ2v) is 3.36. The maximum atomic E-state index is 12.8. The molecule has 0 radical (unpaired) electrons. The van der Waals surface area contributed by atoms with E-state index in [-0.39, 0.29) is 21.5 Å². The van der Waals surface area contributed by atoms with Gasteiger partial charge in [0.1, 0.15) is 11.6 Å². The molecule has 5 nitrogen and oxygen atoms in total. The minimum absolute atomic E-state index is 0.0211. The summed E-state index contributed by atoms with van der Waals surface area (Å²) in [5.41, 5.74) is -0.385. The summed E-state index contributed by atoms with van der Waals surface area (Å²) in [6.45, 7) is 0. The third-order valence-corrected chi connectivity index (χ3v) is 2.07. The lowest BCUT2D eigenvalue weighted by molar-refractivity contribution is 0.0530. The smallest absolute Gasteiger partial charge is 0.383 e. The van der Waals surface area contributed by atoms with Crippen LogP contribution in [0.5, 0.6) is 0 Å². The second-order valence-electron chi connectivity index (χ2n) is 2.89. The summed E-state index contributed by atoms with van der Waals surface area (Å²) in [7, 11) is 0. The molecule has 0 spiro atoms. The van der Waals surface area contributed by atoms with Crippen molar-refractivity contribution >= 4 is 22.8 Å². The molecule has 2 heterocycles. The molecule has 0 aliphatic heterocycles. The number of alkyl halides is 3. The Morgan fingerprint density at radius 3 is 2.81 bits per heavy atom. The van der Waals surface area contributed by atoms with Crippen molar-refractivity contribution in [2.45, 2.75) is 5.38 Å². The highest BCUT2D eigenvalue weighted by atomic mass is 35.5. The monoisotopic (exact) mass is 244 g/mol. The largest absolute Gasteiger partial charge is 0.426 e. The molecule has 0 unspecified atom stereocenters. The van der Waals surface area contributed by atoms with Crippen LogP contribution in [0.4, 0.5) is 8.78 Å².